The van der Waals surface area contributed by atoms with Gasteiger partial charge < -0.3 is 21.1 Å². The molecule has 2 atom stereocenters. The van der Waals surface area contributed by atoms with E-state index in [0.29, 0.717) is 18.8 Å². The van der Waals surface area contributed by atoms with E-state index in [2.05, 4.69) is 6.92 Å². The third kappa shape index (κ3) is 5.63. The summed E-state index contributed by atoms with van der Waals surface area (Å²) in [6.45, 7) is 2.22. The Hall–Kier alpha value is -1.75. The number of phenols is 2. The standard InChI is InChI=1S/C16H25NO4/c1-2-11(8-13(10-17)16(20)21)4-3-5-12-6-7-14(18)9-15(12)19/h6-7,9,11,13,18-19H,2-5,8,10,17H2,1H3,(H,20,21). The smallest absolute Gasteiger partial charge is 0.307 e. The highest BCUT2D eigenvalue weighted by Crippen LogP contribution is 2.26. The first-order valence-electron chi connectivity index (χ1n) is 7.41. The topological polar surface area (TPSA) is 104 Å². The van der Waals surface area contributed by atoms with Crippen LogP contribution in [0.25, 0.3) is 0 Å². The molecule has 0 heterocycles. The summed E-state index contributed by atoms with van der Waals surface area (Å²) in [6, 6.07) is 4.61. The monoisotopic (exact) mass is 295 g/mol. The third-order valence-electron chi connectivity index (χ3n) is 3.96. The number of hydrogen-bond acceptors (Lipinski definition) is 4. The Bertz CT molecular complexity index is 462. The van der Waals surface area contributed by atoms with Crippen molar-refractivity contribution in [2.24, 2.45) is 17.6 Å². The van der Waals surface area contributed by atoms with Crippen molar-refractivity contribution in [3.8, 4) is 11.5 Å². The summed E-state index contributed by atoms with van der Waals surface area (Å²) in [5.41, 5.74) is 6.29. The van der Waals surface area contributed by atoms with Gasteiger partial charge in [-0.2, -0.15) is 0 Å². The van der Waals surface area contributed by atoms with Crippen LogP contribution in [0.1, 0.15) is 38.2 Å². The highest BCUT2D eigenvalue weighted by atomic mass is 16.4. The molecule has 1 rings (SSSR count). The second kappa shape index (κ2) is 8.52. The molecule has 1 aromatic rings. The zero-order valence-corrected chi connectivity index (χ0v) is 12.5. The van der Waals surface area contributed by atoms with Crippen LogP contribution in [0.15, 0.2) is 18.2 Å². The van der Waals surface area contributed by atoms with E-state index < -0.39 is 11.9 Å². The van der Waals surface area contributed by atoms with E-state index in [1.807, 2.05) is 0 Å². The third-order valence-corrected chi connectivity index (χ3v) is 3.96. The van der Waals surface area contributed by atoms with E-state index in [1.165, 1.54) is 6.07 Å². The van der Waals surface area contributed by atoms with Crippen LogP contribution in [0.4, 0.5) is 0 Å². The minimum atomic E-state index is -0.827. The van der Waals surface area contributed by atoms with Crippen molar-refractivity contribution in [2.75, 3.05) is 6.54 Å². The summed E-state index contributed by atoms with van der Waals surface area (Å²) in [5, 5.41) is 28.0. The van der Waals surface area contributed by atoms with Gasteiger partial charge in [-0.15, -0.1) is 0 Å². The Balaban J connectivity index is 2.46. The number of rotatable bonds is 9. The Morgan fingerprint density at radius 2 is 2.05 bits per heavy atom. The molecule has 0 amide bonds. The minimum absolute atomic E-state index is 0.0509. The number of aliphatic carboxylic acids is 1. The first-order valence-corrected chi connectivity index (χ1v) is 7.41. The molecule has 1 aromatic carbocycles. The molecule has 0 radical (unpaired) electrons. The van der Waals surface area contributed by atoms with Gasteiger partial charge in [0.05, 0.1) is 5.92 Å². The average molecular weight is 295 g/mol. The lowest BCUT2D eigenvalue weighted by Gasteiger charge is -2.18. The number of hydrogen-bond donors (Lipinski definition) is 4. The summed E-state index contributed by atoms with van der Waals surface area (Å²) in [5.74, 6) is -0.818. The number of carboxylic acid groups (broad SMARTS) is 1. The molecular weight excluding hydrogens is 270 g/mol. The maximum absolute atomic E-state index is 11.0. The molecule has 0 aliphatic heterocycles. The molecule has 5 nitrogen and oxygen atoms in total. The molecule has 0 fully saturated rings. The summed E-state index contributed by atoms with van der Waals surface area (Å²) in [7, 11) is 0. The molecule has 21 heavy (non-hydrogen) atoms. The second-order valence-corrected chi connectivity index (χ2v) is 5.49. The number of aryl methyl sites for hydroxylation is 1. The van der Waals surface area contributed by atoms with Crippen LogP contribution in [0.2, 0.25) is 0 Å². The van der Waals surface area contributed by atoms with Crippen LogP contribution >= 0.6 is 0 Å². The molecular formula is C16H25NO4. The lowest BCUT2D eigenvalue weighted by atomic mass is 9.88. The molecule has 0 aromatic heterocycles. The number of carboxylic acids is 1. The van der Waals surface area contributed by atoms with Gasteiger partial charge in [-0.25, -0.2) is 0 Å². The Kier molecular flexibility index (Phi) is 7.02. The molecule has 0 saturated heterocycles. The van der Waals surface area contributed by atoms with E-state index in [4.69, 9.17) is 10.8 Å². The zero-order chi connectivity index (χ0) is 15.8. The van der Waals surface area contributed by atoms with Gasteiger partial charge in [0.1, 0.15) is 11.5 Å². The predicted molar refractivity (Wildman–Crippen MR) is 81.3 cm³/mol. The van der Waals surface area contributed by atoms with E-state index in [1.54, 1.807) is 12.1 Å². The highest BCUT2D eigenvalue weighted by molar-refractivity contribution is 5.70. The summed E-state index contributed by atoms with van der Waals surface area (Å²) in [4.78, 5) is 11.0. The van der Waals surface area contributed by atoms with Crippen LogP contribution in [0, 0.1) is 11.8 Å². The van der Waals surface area contributed by atoms with E-state index >= 15 is 0 Å². The number of carbonyl (C=O) groups is 1. The van der Waals surface area contributed by atoms with E-state index in [0.717, 1.165) is 24.8 Å². The average Bonchev–Trinajstić information content (AvgIpc) is 2.44. The van der Waals surface area contributed by atoms with Gasteiger partial charge in [-0.05, 0) is 36.8 Å². The van der Waals surface area contributed by atoms with Crippen molar-refractivity contribution in [2.45, 2.75) is 39.0 Å². The number of aromatic hydroxyl groups is 2. The highest BCUT2D eigenvalue weighted by Gasteiger charge is 2.20. The first-order chi connectivity index (χ1) is 9.97. The van der Waals surface area contributed by atoms with Gasteiger partial charge in [-0.3, -0.25) is 4.79 Å². The molecule has 0 spiro atoms. The number of nitrogens with two attached hydrogens (primary N) is 1. The van der Waals surface area contributed by atoms with Gasteiger partial charge in [0.15, 0.2) is 0 Å². The first kappa shape index (κ1) is 17.3. The van der Waals surface area contributed by atoms with Crippen molar-refractivity contribution in [3.63, 3.8) is 0 Å². The quantitative estimate of drug-likeness (QED) is 0.560. The number of phenolic OH excluding ortho intramolecular Hbond substituents is 2. The fraction of sp³-hybridized carbons (Fsp3) is 0.562. The summed E-state index contributed by atoms with van der Waals surface area (Å²) in [6.07, 6.45) is 4.01. The Labute approximate surface area is 125 Å². The van der Waals surface area contributed by atoms with Crippen molar-refractivity contribution in [3.05, 3.63) is 23.8 Å². The lowest BCUT2D eigenvalue weighted by molar-refractivity contribution is -0.142. The van der Waals surface area contributed by atoms with Crippen LogP contribution in [0.3, 0.4) is 0 Å². The predicted octanol–water partition coefficient (Wildman–Crippen LogP) is 2.50. The minimum Gasteiger partial charge on any atom is -0.508 e. The normalized spacial score (nSPS) is 13.8. The molecule has 0 saturated carbocycles. The molecule has 5 heteroatoms. The van der Waals surface area contributed by atoms with Crippen molar-refractivity contribution in [1.82, 2.24) is 0 Å². The van der Waals surface area contributed by atoms with Gasteiger partial charge in [0.2, 0.25) is 0 Å². The maximum atomic E-state index is 11.0. The largest absolute Gasteiger partial charge is 0.508 e. The molecule has 118 valence electrons. The van der Waals surface area contributed by atoms with E-state index in [9.17, 15) is 15.0 Å². The van der Waals surface area contributed by atoms with Crippen LogP contribution < -0.4 is 5.73 Å². The van der Waals surface area contributed by atoms with Crippen molar-refractivity contribution in [1.29, 1.82) is 0 Å². The van der Waals surface area contributed by atoms with Crippen LogP contribution in [-0.2, 0) is 11.2 Å². The van der Waals surface area contributed by atoms with Crippen LogP contribution in [0.5, 0.6) is 11.5 Å². The maximum Gasteiger partial charge on any atom is 0.307 e. The molecule has 0 aliphatic rings. The summed E-state index contributed by atoms with van der Waals surface area (Å²) >= 11 is 0. The Morgan fingerprint density at radius 1 is 1.33 bits per heavy atom. The van der Waals surface area contributed by atoms with Gasteiger partial charge in [0.25, 0.3) is 0 Å². The van der Waals surface area contributed by atoms with Crippen molar-refractivity contribution < 1.29 is 20.1 Å². The van der Waals surface area contributed by atoms with Crippen LogP contribution in [-0.4, -0.2) is 27.8 Å². The Morgan fingerprint density at radius 3 is 2.57 bits per heavy atom. The lowest BCUT2D eigenvalue weighted by Crippen LogP contribution is -2.25. The fourth-order valence-electron chi connectivity index (χ4n) is 2.53. The van der Waals surface area contributed by atoms with Gasteiger partial charge in [0, 0.05) is 12.6 Å². The molecule has 0 bridgehead atoms. The second-order valence-electron chi connectivity index (χ2n) is 5.49. The van der Waals surface area contributed by atoms with Gasteiger partial charge >= 0.3 is 5.97 Å². The molecule has 5 N–H and O–H groups in total. The molecule has 2 unspecified atom stereocenters. The summed E-state index contributed by atoms with van der Waals surface area (Å²) < 4.78 is 0. The fourth-order valence-corrected chi connectivity index (χ4v) is 2.53. The van der Waals surface area contributed by atoms with E-state index in [-0.39, 0.29) is 18.0 Å². The molecule has 0 aliphatic carbocycles. The SMILES string of the molecule is CCC(CCCc1ccc(O)cc1O)CC(CN)C(=O)O. The number of benzene rings is 1. The van der Waals surface area contributed by atoms with Gasteiger partial charge in [-0.1, -0.05) is 25.8 Å². The zero-order valence-electron chi connectivity index (χ0n) is 12.5. The van der Waals surface area contributed by atoms with Crippen molar-refractivity contribution >= 4 is 5.97 Å².